The molecule has 1 aliphatic rings. The molecule has 1 aromatic heterocycles. The fourth-order valence-electron chi connectivity index (χ4n) is 2.81. The zero-order valence-electron chi connectivity index (χ0n) is 14.7. The maximum atomic E-state index is 12.3. The molecule has 0 bridgehead atoms. The highest BCUT2D eigenvalue weighted by Gasteiger charge is 2.14. The molecule has 2 aromatic carbocycles. The highest BCUT2D eigenvalue weighted by molar-refractivity contribution is 9.10. The summed E-state index contributed by atoms with van der Waals surface area (Å²) >= 11 is 3.42. The number of fused-ring (bicyclic) bond motifs is 1. The second-order valence-electron chi connectivity index (χ2n) is 6.19. The number of ether oxygens (including phenoxy) is 2. The van der Waals surface area contributed by atoms with Crippen LogP contribution in [0.3, 0.4) is 0 Å². The maximum Gasteiger partial charge on any atom is 0.267 e. The van der Waals surface area contributed by atoms with Crippen LogP contribution in [-0.2, 0) is 17.9 Å². The van der Waals surface area contributed by atoms with Crippen LogP contribution < -0.4 is 20.3 Å². The Hall–Kier alpha value is -3.13. The molecule has 4 rings (SSSR count). The largest absolute Gasteiger partial charge is 0.454 e. The summed E-state index contributed by atoms with van der Waals surface area (Å²) in [5, 5.41) is 7.10. The molecule has 28 heavy (non-hydrogen) atoms. The van der Waals surface area contributed by atoms with Gasteiger partial charge in [0.2, 0.25) is 12.7 Å². The van der Waals surface area contributed by atoms with Crippen molar-refractivity contribution in [3.05, 3.63) is 75.0 Å². The quantitative estimate of drug-likeness (QED) is 0.657. The number of carbonyl (C=O) groups is 1. The fraction of sp³-hybridized carbons (Fsp3) is 0.150. The van der Waals surface area contributed by atoms with E-state index in [1.54, 1.807) is 12.1 Å². The molecule has 0 fully saturated rings. The van der Waals surface area contributed by atoms with Crippen LogP contribution in [0.2, 0.25) is 0 Å². The number of hydrogen-bond donors (Lipinski definition) is 1. The first kappa shape index (κ1) is 18.2. The van der Waals surface area contributed by atoms with Gasteiger partial charge in [-0.3, -0.25) is 9.59 Å². The lowest BCUT2D eigenvalue weighted by atomic mass is 10.1. The minimum atomic E-state index is -0.336. The van der Waals surface area contributed by atoms with Gasteiger partial charge in [0.25, 0.3) is 5.56 Å². The first-order valence-electron chi connectivity index (χ1n) is 8.58. The van der Waals surface area contributed by atoms with E-state index in [9.17, 15) is 9.59 Å². The van der Waals surface area contributed by atoms with E-state index in [0.29, 0.717) is 23.7 Å². The summed E-state index contributed by atoms with van der Waals surface area (Å²) in [7, 11) is 0. The molecule has 8 heteroatoms. The summed E-state index contributed by atoms with van der Waals surface area (Å²) in [5.41, 5.74) is 2.01. The van der Waals surface area contributed by atoms with Crippen molar-refractivity contribution in [2.24, 2.45) is 0 Å². The first-order chi connectivity index (χ1) is 13.6. The summed E-state index contributed by atoms with van der Waals surface area (Å²) in [6, 6.07) is 16.1. The van der Waals surface area contributed by atoms with E-state index in [1.807, 2.05) is 36.4 Å². The van der Waals surface area contributed by atoms with E-state index in [4.69, 9.17) is 9.47 Å². The van der Waals surface area contributed by atoms with E-state index in [-0.39, 0.29) is 24.8 Å². The molecule has 0 spiro atoms. The van der Waals surface area contributed by atoms with E-state index >= 15 is 0 Å². The number of nitrogens with zero attached hydrogens (tertiary/aromatic N) is 2. The van der Waals surface area contributed by atoms with E-state index < -0.39 is 0 Å². The average Bonchev–Trinajstić information content (AvgIpc) is 3.16. The van der Waals surface area contributed by atoms with Gasteiger partial charge < -0.3 is 14.8 Å². The Balaban J connectivity index is 1.44. The van der Waals surface area contributed by atoms with Gasteiger partial charge in [0.15, 0.2) is 11.5 Å². The molecule has 0 radical (unpaired) electrons. The summed E-state index contributed by atoms with van der Waals surface area (Å²) in [4.78, 5) is 24.4. The zero-order valence-corrected chi connectivity index (χ0v) is 16.3. The topological polar surface area (TPSA) is 82.5 Å². The molecule has 3 aromatic rings. The first-order valence-corrected chi connectivity index (χ1v) is 9.37. The van der Waals surface area contributed by atoms with Crippen LogP contribution in [0.4, 0.5) is 0 Å². The number of halogens is 1. The lowest BCUT2D eigenvalue weighted by Gasteiger charge is -2.09. The van der Waals surface area contributed by atoms with Gasteiger partial charge in [-0.05, 0) is 35.9 Å². The second kappa shape index (κ2) is 7.85. The van der Waals surface area contributed by atoms with Crippen molar-refractivity contribution in [1.82, 2.24) is 15.1 Å². The van der Waals surface area contributed by atoms with Gasteiger partial charge in [-0.15, -0.1) is 0 Å². The lowest BCUT2D eigenvalue weighted by molar-refractivity contribution is -0.122. The Kier molecular flexibility index (Phi) is 5.12. The number of amides is 1. The summed E-state index contributed by atoms with van der Waals surface area (Å²) in [6.07, 6.45) is 0. The Morgan fingerprint density at radius 2 is 1.96 bits per heavy atom. The standard InChI is InChI=1S/C20H16BrN3O4/c21-15-3-1-2-14(9-15)16-5-7-20(26)24(23-16)11-19(25)22-10-13-4-6-17-18(8-13)28-12-27-17/h1-9H,10-12H2,(H,22,25). The van der Waals surface area contributed by atoms with Crippen molar-refractivity contribution in [2.75, 3.05) is 6.79 Å². The highest BCUT2D eigenvalue weighted by Crippen LogP contribution is 2.32. The van der Waals surface area contributed by atoms with Crippen molar-refractivity contribution in [1.29, 1.82) is 0 Å². The van der Waals surface area contributed by atoms with Crippen molar-refractivity contribution < 1.29 is 14.3 Å². The summed E-state index contributed by atoms with van der Waals surface area (Å²) in [6.45, 7) is 0.356. The van der Waals surface area contributed by atoms with Gasteiger partial charge in [0, 0.05) is 22.6 Å². The molecule has 142 valence electrons. The molecule has 1 N–H and O–H groups in total. The second-order valence-corrected chi connectivity index (χ2v) is 7.10. The van der Waals surface area contributed by atoms with Gasteiger partial charge >= 0.3 is 0 Å². The van der Waals surface area contributed by atoms with Gasteiger partial charge in [0.1, 0.15) is 6.54 Å². The van der Waals surface area contributed by atoms with Crippen LogP contribution in [-0.4, -0.2) is 22.5 Å². The molecular formula is C20H16BrN3O4. The molecule has 1 aliphatic heterocycles. The third kappa shape index (κ3) is 4.07. The Morgan fingerprint density at radius 1 is 1.11 bits per heavy atom. The van der Waals surface area contributed by atoms with Crippen LogP contribution in [0.1, 0.15) is 5.56 Å². The SMILES string of the molecule is O=C(Cn1nc(-c2cccc(Br)c2)ccc1=O)NCc1ccc2c(c1)OCO2. The van der Waals surface area contributed by atoms with E-state index in [0.717, 1.165) is 20.3 Å². The lowest BCUT2D eigenvalue weighted by Crippen LogP contribution is -2.33. The average molecular weight is 442 g/mol. The van der Waals surface area contributed by atoms with Gasteiger partial charge in [-0.2, -0.15) is 5.10 Å². The van der Waals surface area contributed by atoms with E-state index in [2.05, 4.69) is 26.3 Å². The number of benzene rings is 2. The molecule has 0 unspecified atom stereocenters. The van der Waals surface area contributed by atoms with Crippen LogP contribution in [0.25, 0.3) is 11.3 Å². The van der Waals surface area contributed by atoms with Crippen LogP contribution in [0.5, 0.6) is 11.5 Å². The molecule has 0 saturated heterocycles. The highest BCUT2D eigenvalue weighted by atomic mass is 79.9. The predicted molar refractivity (Wildman–Crippen MR) is 106 cm³/mol. The van der Waals surface area contributed by atoms with Crippen molar-refractivity contribution in [3.8, 4) is 22.8 Å². The smallest absolute Gasteiger partial charge is 0.267 e. The normalized spacial score (nSPS) is 12.0. The monoisotopic (exact) mass is 441 g/mol. The third-order valence-electron chi connectivity index (χ3n) is 4.21. The summed E-state index contributed by atoms with van der Waals surface area (Å²) < 4.78 is 12.7. The molecule has 0 saturated carbocycles. The van der Waals surface area contributed by atoms with Crippen LogP contribution in [0, 0.1) is 0 Å². The number of aromatic nitrogens is 2. The molecule has 0 atom stereocenters. The molecule has 1 amide bonds. The Bertz CT molecular complexity index is 1100. The zero-order chi connectivity index (χ0) is 19.5. The van der Waals surface area contributed by atoms with Crippen molar-refractivity contribution in [3.63, 3.8) is 0 Å². The maximum absolute atomic E-state index is 12.3. The van der Waals surface area contributed by atoms with Gasteiger partial charge in [-0.1, -0.05) is 34.1 Å². The number of rotatable bonds is 5. The number of carbonyl (C=O) groups excluding carboxylic acids is 1. The van der Waals surface area contributed by atoms with E-state index in [1.165, 1.54) is 6.07 Å². The van der Waals surface area contributed by atoms with Crippen molar-refractivity contribution >= 4 is 21.8 Å². The number of hydrogen-bond acceptors (Lipinski definition) is 5. The minimum Gasteiger partial charge on any atom is -0.454 e. The fourth-order valence-corrected chi connectivity index (χ4v) is 3.21. The van der Waals surface area contributed by atoms with Gasteiger partial charge in [0.05, 0.1) is 5.69 Å². The van der Waals surface area contributed by atoms with Gasteiger partial charge in [-0.25, -0.2) is 4.68 Å². The number of nitrogens with one attached hydrogen (secondary N) is 1. The Morgan fingerprint density at radius 3 is 2.82 bits per heavy atom. The molecule has 7 nitrogen and oxygen atoms in total. The molecular weight excluding hydrogens is 426 g/mol. The Labute approximate surface area is 169 Å². The van der Waals surface area contributed by atoms with Crippen LogP contribution in [0.15, 0.2) is 63.9 Å². The minimum absolute atomic E-state index is 0.161. The third-order valence-corrected chi connectivity index (χ3v) is 4.70. The van der Waals surface area contributed by atoms with Crippen LogP contribution >= 0.6 is 15.9 Å². The summed E-state index contributed by atoms with van der Waals surface area (Å²) in [5.74, 6) is 1.04. The predicted octanol–water partition coefficient (Wildman–Crippen LogP) is 2.72. The van der Waals surface area contributed by atoms with Crippen molar-refractivity contribution in [2.45, 2.75) is 13.1 Å². The molecule has 0 aliphatic carbocycles. The molecule has 2 heterocycles.